The molecule has 0 unspecified atom stereocenters. The summed E-state index contributed by atoms with van der Waals surface area (Å²) in [5.74, 6) is -3.17. The molecule has 0 aromatic heterocycles. The van der Waals surface area contributed by atoms with Gasteiger partial charge in [0.05, 0.1) is 25.7 Å². The minimum Gasteiger partial charge on any atom is -0.481 e. The van der Waals surface area contributed by atoms with Crippen LogP contribution in [0.5, 0.6) is 0 Å². The van der Waals surface area contributed by atoms with E-state index in [9.17, 15) is 19.2 Å². The molecule has 0 aromatic rings. The molecule has 1 fully saturated rings. The van der Waals surface area contributed by atoms with Gasteiger partial charge in [0, 0.05) is 0 Å². The van der Waals surface area contributed by atoms with Crippen LogP contribution >= 0.6 is 0 Å². The number of ether oxygens (including phenoxy) is 2. The molecular formula is C14H20O8. The van der Waals surface area contributed by atoms with E-state index in [1.54, 1.807) is 0 Å². The third-order valence-electron chi connectivity index (χ3n) is 3.30. The van der Waals surface area contributed by atoms with Crippen molar-refractivity contribution in [3.63, 3.8) is 0 Å². The van der Waals surface area contributed by atoms with Gasteiger partial charge in [-0.1, -0.05) is 0 Å². The highest BCUT2D eigenvalue weighted by Crippen LogP contribution is 2.24. The minimum absolute atomic E-state index is 0.153. The van der Waals surface area contributed by atoms with E-state index in [-0.39, 0.29) is 37.9 Å². The summed E-state index contributed by atoms with van der Waals surface area (Å²) in [5.41, 5.74) is 0. The van der Waals surface area contributed by atoms with Crippen molar-refractivity contribution in [3.05, 3.63) is 0 Å². The Morgan fingerprint density at radius 3 is 1.27 bits per heavy atom. The fourth-order valence-corrected chi connectivity index (χ4v) is 2.18. The van der Waals surface area contributed by atoms with Gasteiger partial charge in [0.15, 0.2) is 0 Å². The molecule has 1 aliphatic carbocycles. The maximum atomic E-state index is 11.4. The standard InChI is InChI=1S/C14H20O8/c15-11(16)5-7-13(19)21-9-1-2-10(4-3-9)22-14(20)8-6-12(17)18/h9-10H,1-8H2,(H,15,16)(H,17,18)/t9-,10-. The van der Waals surface area contributed by atoms with Crippen LogP contribution in [0.4, 0.5) is 0 Å². The zero-order chi connectivity index (χ0) is 16.5. The van der Waals surface area contributed by atoms with Crippen molar-refractivity contribution in [2.75, 3.05) is 0 Å². The Morgan fingerprint density at radius 1 is 0.682 bits per heavy atom. The Labute approximate surface area is 127 Å². The summed E-state index contributed by atoms with van der Waals surface area (Å²) in [5, 5.41) is 16.9. The molecule has 0 radical (unpaired) electrons. The lowest BCUT2D eigenvalue weighted by Crippen LogP contribution is -2.30. The molecule has 0 heterocycles. The molecule has 0 saturated heterocycles. The first-order chi connectivity index (χ1) is 10.4. The summed E-state index contributed by atoms with van der Waals surface area (Å²) in [6.07, 6.45) is 0.769. The maximum Gasteiger partial charge on any atom is 0.306 e. The Morgan fingerprint density at radius 2 is 1.00 bits per heavy atom. The second-order valence-corrected chi connectivity index (χ2v) is 5.17. The van der Waals surface area contributed by atoms with Gasteiger partial charge in [-0.15, -0.1) is 0 Å². The van der Waals surface area contributed by atoms with E-state index in [1.807, 2.05) is 0 Å². The van der Waals surface area contributed by atoms with Gasteiger partial charge in [-0.3, -0.25) is 19.2 Å². The molecule has 1 saturated carbocycles. The molecule has 0 amide bonds. The maximum absolute atomic E-state index is 11.4. The second-order valence-electron chi connectivity index (χ2n) is 5.17. The van der Waals surface area contributed by atoms with E-state index >= 15 is 0 Å². The molecule has 0 spiro atoms. The smallest absolute Gasteiger partial charge is 0.306 e. The van der Waals surface area contributed by atoms with Crippen LogP contribution < -0.4 is 0 Å². The third-order valence-corrected chi connectivity index (χ3v) is 3.30. The van der Waals surface area contributed by atoms with E-state index < -0.39 is 23.9 Å². The molecule has 0 aliphatic heterocycles. The lowest BCUT2D eigenvalue weighted by Gasteiger charge is -2.28. The van der Waals surface area contributed by atoms with Crippen molar-refractivity contribution >= 4 is 23.9 Å². The Hall–Kier alpha value is -2.12. The topological polar surface area (TPSA) is 127 Å². The number of hydrogen-bond acceptors (Lipinski definition) is 6. The molecular weight excluding hydrogens is 296 g/mol. The van der Waals surface area contributed by atoms with E-state index in [1.165, 1.54) is 0 Å². The van der Waals surface area contributed by atoms with Gasteiger partial charge in [0.25, 0.3) is 0 Å². The van der Waals surface area contributed by atoms with E-state index in [4.69, 9.17) is 19.7 Å². The summed E-state index contributed by atoms with van der Waals surface area (Å²) in [6.45, 7) is 0. The van der Waals surface area contributed by atoms with Crippen LogP contribution in [0.2, 0.25) is 0 Å². The van der Waals surface area contributed by atoms with Crippen molar-refractivity contribution in [1.82, 2.24) is 0 Å². The van der Waals surface area contributed by atoms with Crippen molar-refractivity contribution < 1.29 is 38.9 Å². The molecule has 0 aromatic carbocycles. The average Bonchev–Trinajstić information content (AvgIpc) is 2.45. The predicted molar refractivity (Wildman–Crippen MR) is 72.0 cm³/mol. The van der Waals surface area contributed by atoms with Gasteiger partial charge in [0.1, 0.15) is 12.2 Å². The van der Waals surface area contributed by atoms with E-state index in [0.29, 0.717) is 25.7 Å². The van der Waals surface area contributed by atoms with Crippen molar-refractivity contribution in [2.45, 2.75) is 63.6 Å². The number of carboxylic acids is 2. The first-order valence-corrected chi connectivity index (χ1v) is 7.19. The molecule has 22 heavy (non-hydrogen) atoms. The monoisotopic (exact) mass is 316 g/mol. The zero-order valence-corrected chi connectivity index (χ0v) is 12.2. The Bertz CT molecular complexity index is 383. The largest absolute Gasteiger partial charge is 0.481 e. The van der Waals surface area contributed by atoms with Crippen LogP contribution in [-0.4, -0.2) is 46.3 Å². The summed E-state index contributed by atoms with van der Waals surface area (Å²) < 4.78 is 10.3. The SMILES string of the molecule is O=C(O)CCC(=O)O[C@H]1CC[C@H](OC(=O)CCC(=O)O)CC1. The molecule has 8 nitrogen and oxygen atoms in total. The van der Waals surface area contributed by atoms with Crippen molar-refractivity contribution in [2.24, 2.45) is 0 Å². The highest BCUT2D eigenvalue weighted by atomic mass is 16.6. The molecule has 0 atom stereocenters. The summed E-state index contributed by atoms with van der Waals surface area (Å²) in [7, 11) is 0. The quantitative estimate of drug-likeness (QED) is 0.637. The van der Waals surface area contributed by atoms with Gasteiger partial charge >= 0.3 is 23.9 Å². The number of carbonyl (C=O) groups excluding carboxylic acids is 2. The molecule has 2 N–H and O–H groups in total. The van der Waals surface area contributed by atoms with Crippen LogP contribution in [0.3, 0.4) is 0 Å². The number of hydrogen-bond donors (Lipinski definition) is 2. The van der Waals surface area contributed by atoms with Crippen molar-refractivity contribution in [3.8, 4) is 0 Å². The molecule has 0 bridgehead atoms. The number of rotatable bonds is 8. The first kappa shape index (κ1) is 17.9. The third kappa shape index (κ3) is 7.61. The van der Waals surface area contributed by atoms with E-state index in [0.717, 1.165) is 0 Å². The van der Waals surface area contributed by atoms with Gasteiger partial charge in [-0.05, 0) is 25.7 Å². The highest BCUT2D eigenvalue weighted by Gasteiger charge is 2.26. The van der Waals surface area contributed by atoms with Gasteiger partial charge in [-0.2, -0.15) is 0 Å². The average molecular weight is 316 g/mol. The summed E-state index contributed by atoms with van der Waals surface area (Å²) >= 11 is 0. The highest BCUT2D eigenvalue weighted by molar-refractivity contribution is 5.77. The van der Waals surface area contributed by atoms with Crippen LogP contribution in [-0.2, 0) is 28.7 Å². The zero-order valence-electron chi connectivity index (χ0n) is 12.2. The van der Waals surface area contributed by atoms with Crippen LogP contribution in [0.25, 0.3) is 0 Å². The van der Waals surface area contributed by atoms with Crippen LogP contribution in [0, 0.1) is 0 Å². The lowest BCUT2D eigenvalue weighted by atomic mass is 9.95. The van der Waals surface area contributed by atoms with Gasteiger partial charge in [0.2, 0.25) is 0 Å². The molecule has 1 rings (SSSR count). The summed E-state index contributed by atoms with van der Waals surface area (Å²) in [6, 6.07) is 0. The van der Waals surface area contributed by atoms with Crippen molar-refractivity contribution in [1.29, 1.82) is 0 Å². The number of carboxylic acid groups (broad SMARTS) is 2. The fraction of sp³-hybridized carbons (Fsp3) is 0.714. The Kier molecular flexibility index (Phi) is 7.34. The Balaban J connectivity index is 2.20. The second kappa shape index (κ2) is 9.01. The first-order valence-electron chi connectivity index (χ1n) is 7.19. The molecule has 8 heteroatoms. The predicted octanol–water partition coefficient (Wildman–Crippen LogP) is 1.11. The van der Waals surface area contributed by atoms with Gasteiger partial charge in [-0.25, -0.2) is 0 Å². The normalized spacial score (nSPS) is 20.9. The number of carbonyl (C=O) groups is 4. The fourth-order valence-electron chi connectivity index (χ4n) is 2.18. The van der Waals surface area contributed by atoms with Crippen LogP contribution in [0.1, 0.15) is 51.4 Å². The number of aliphatic carboxylic acids is 2. The molecule has 1 aliphatic rings. The summed E-state index contributed by atoms with van der Waals surface area (Å²) in [4.78, 5) is 43.5. The van der Waals surface area contributed by atoms with E-state index in [2.05, 4.69) is 0 Å². The van der Waals surface area contributed by atoms with Crippen LogP contribution in [0.15, 0.2) is 0 Å². The number of esters is 2. The lowest BCUT2D eigenvalue weighted by molar-refractivity contribution is -0.159. The molecule has 124 valence electrons. The van der Waals surface area contributed by atoms with Gasteiger partial charge < -0.3 is 19.7 Å². The minimum atomic E-state index is -1.05.